The molecule has 0 spiro atoms. The van der Waals surface area contributed by atoms with Gasteiger partial charge in [0.25, 0.3) is 5.91 Å². The van der Waals surface area contributed by atoms with E-state index in [1.807, 2.05) is 6.92 Å². The summed E-state index contributed by atoms with van der Waals surface area (Å²) in [4.78, 5) is 12.4. The highest BCUT2D eigenvalue weighted by Gasteiger charge is 2.25. The molecule has 1 fully saturated rings. The molecule has 2 unspecified atom stereocenters. The highest BCUT2D eigenvalue weighted by atomic mass is 35.5. The summed E-state index contributed by atoms with van der Waals surface area (Å²) in [5.74, 6) is -0.392. The van der Waals surface area contributed by atoms with Gasteiger partial charge in [0, 0.05) is 11.6 Å². The first-order valence-corrected chi connectivity index (χ1v) is 9.23. The molecule has 0 bridgehead atoms. The third kappa shape index (κ3) is 4.59. The molecule has 2 atom stereocenters. The van der Waals surface area contributed by atoms with E-state index in [4.69, 9.17) is 16.3 Å². The van der Waals surface area contributed by atoms with Gasteiger partial charge in [-0.25, -0.2) is 8.42 Å². The summed E-state index contributed by atoms with van der Waals surface area (Å²) in [5, 5.41) is 3.19. The van der Waals surface area contributed by atoms with E-state index in [0.717, 1.165) is 19.1 Å². The fourth-order valence-corrected chi connectivity index (χ4v) is 3.12. The minimum absolute atomic E-state index is 0.0190. The Balaban J connectivity index is 2.18. The lowest BCUT2D eigenvalue weighted by atomic mass is 10.1. The van der Waals surface area contributed by atoms with E-state index >= 15 is 0 Å². The van der Waals surface area contributed by atoms with Gasteiger partial charge in [0.2, 0.25) is 10.0 Å². The van der Waals surface area contributed by atoms with Crippen LogP contribution in [0.15, 0.2) is 18.2 Å². The smallest absolute Gasteiger partial charge is 0.253 e. The van der Waals surface area contributed by atoms with Crippen molar-refractivity contribution in [2.75, 3.05) is 17.6 Å². The normalized spacial score (nSPS) is 19.7. The quantitative estimate of drug-likeness (QED) is 0.854. The highest BCUT2D eigenvalue weighted by molar-refractivity contribution is 7.92. The average Bonchev–Trinajstić information content (AvgIpc) is 2.93. The van der Waals surface area contributed by atoms with Gasteiger partial charge in [0.15, 0.2) is 0 Å². The molecule has 1 heterocycles. The summed E-state index contributed by atoms with van der Waals surface area (Å²) in [6.07, 6.45) is 2.88. The van der Waals surface area contributed by atoms with Crippen LogP contribution < -0.4 is 10.0 Å². The van der Waals surface area contributed by atoms with Crippen molar-refractivity contribution in [3.05, 3.63) is 28.8 Å². The van der Waals surface area contributed by atoms with Crippen LogP contribution >= 0.6 is 11.6 Å². The first-order valence-electron chi connectivity index (χ1n) is 6.96. The summed E-state index contributed by atoms with van der Waals surface area (Å²) < 4.78 is 30.6. The predicted octanol–water partition coefficient (Wildman–Crippen LogP) is 2.01. The Bertz CT molecular complexity index is 657. The maximum Gasteiger partial charge on any atom is 0.253 e. The highest BCUT2D eigenvalue weighted by Crippen LogP contribution is 2.22. The first-order chi connectivity index (χ1) is 10.3. The number of hydrogen-bond donors (Lipinski definition) is 2. The van der Waals surface area contributed by atoms with E-state index in [9.17, 15) is 13.2 Å². The van der Waals surface area contributed by atoms with Gasteiger partial charge < -0.3 is 10.1 Å². The average molecular weight is 347 g/mol. The molecule has 1 saturated heterocycles. The SMILES string of the molecule is CC(NC(=O)c1cc(Cl)ccc1NS(C)(=O)=O)C1CCCO1. The van der Waals surface area contributed by atoms with Crippen LogP contribution in [-0.2, 0) is 14.8 Å². The number of anilines is 1. The van der Waals surface area contributed by atoms with Gasteiger partial charge in [-0.2, -0.15) is 0 Å². The molecule has 1 aliphatic heterocycles. The van der Waals surface area contributed by atoms with Crippen LogP contribution in [0.2, 0.25) is 5.02 Å². The summed E-state index contributed by atoms with van der Waals surface area (Å²) >= 11 is 5.91. The van der Waals surface area contributed by atoms with Gasteiger partial charge in [0.05, 0.1) is 29.7 Å². The van der Waals surface area contributed by atoms with Crippen molar-refractivity contribution in [3.63, 3.8) is 0 Å². The van der Waals surface area contributed by atoms with Crippen molar-refractivity contribution in [1.82, 2.24) is 5.32 Å². The molecule has 122 valence electrons. The topological polar surface area (TPSA) is 84.5 Å². The Morgan fingerprint density at radius 3 is 2.77 bits per heavy atom. The molecule has 0 radical (unpaired) electrons. The monoisotopic (exact) mass is 346 g/mol. The van der Waals surface area contributed by atoms with Crippen molar-refractivity contribution in [2.24, 2.45) is 0 Å². The van der Waals surface area contributed by atoms with Gasteiger partial charge in [-0.1, -0.05) is 11.6 Å². The van der Waals surface area contributed by atoms with Crippen molar-refractivity contribution in [2.45, 2.75) is 31.9 Å². The van der Waals surface area contributed by atoms with E-state index in [2.05, 4.69) is 10.0 Å². The van der Waals surface area contributed by atoms with Gasteiger partial charge in [-0.15, -0.1) is 0 Å². The molecular formula is C14H19ClN2O4S. The molecule has 1 aromatic carbocycles. The number of halogens is 1. The molecule has 8 heteroatoms. The van der Waals surface area contributed by atoms with Crippen LogP contribution in [-0.4, -0.2) is 39.3 Å². The summed E-state index contributed by atoms with van der Waals surface area (Å²) in [7, 11) is -3.49. The molecule has 1 aliphatic rings. The number of amides is 1. The second kappa shape index (κ2) is 6.85. The maximum absolute atomic E-state index is 12.4. The van der Waals surface area contributed by atoms with E-state index in [-0.39, 0.29) is 23.4 Å². The fourth-order valence-electron chi connectivity index (χ4n) is 2.37. The van der Waals surface area contributed by atoms with Crippen LogP contribution in [0, 0.1) is 0 Å². The number of carbonyl (C=O) groups is 1. The zero-order chi connectivity index (χ0) is 16.3. The third-order valence-electron chi connectivity index (χ3n) is 3.40. The molecule has 22 heavy (non-hydrogen) atoms. The Hall–Kier alpha value is -1.31. The molecule has 6 nitrogen and oxygen atoms in total. The van der Waals surface area contributed by atoms with Crippen molar-refractivity contribution >= 4 is 33.2 Å². The van der Waals surface area contributed by atoms with Crippen molar-refractivity contribution in [3.8, 4) is 0 Å². The predicted molar refractivity (Wildman–Crippen MR) is 85.8 cm³/mol. The van der Waals surface area contributed by atoms with E-state index in [1.54, 1.807) is 0 Å². The summed E-state index contributed by atoms with van der Waals surface area (Å²) in [6, 6.07) is 4.26. The number of ether oxygens (including phenoxy) is 1. The van der Waals surface area contributed by atoms with Crippen molar-refractivity contribution in [1.29, 1.82) is 0 Å². The second-order valence-electron chi connectivity index (χ2n) is 5.38. The summed E-state index contributed by atoms with van der Waals surface area (Å²) in [6.45, 7) is 2.56. The van der Waals surface area contributed by atoms with Gasteiger partial charge in [-0.05, 0) is 38.0 Å². The van der Waals surface area contributed by atoms with Gasteiger partial charge >= 0.3 is 0 Å². The third-order valence-corrected chi connectivity index (χ3v) is 4.23. The number of sulfonamides is 1. The lowest BCUT2D eigenvalue weighted by Gasteiger charge is -2.21. The molecule has 1 amide bonds. The molecule has 0 aromatic heterocycles. The first kappa shape index (κ1) is 17.1. The Morgan fingerprint density at radius 2 is 2.18 bits per heavy atom. The number of hydrogen-bond acceptors (Lipinski definition) is 4. The number of carbonyl (C=O) groups excluding carboxylic acids is 1. The van der Waals surface area contributed by atoms with Crippen LogP contribution in [0.3, 0.4) is 0 Å². The lowest BCUT2D eigenvalue weighted by molar-refractivity contribution is 0.0713. The second-order valence-corrected chi connectivity index (χ2v) is 7.56. The molecule has 2 N–H and O–H groups in total. The maximum atomic E-state index is 12.4. The van der Waals surface area contributed by atoms with Crippen LogP contribution in [0.25, 0.3) is 0 Å². The van der Waals surface area contributed by atoms with Crippen LogP contribution in [0.4, 0.5) is 5.69 Å². The Morgan fingerprint density at radius 1 is 1.45 bits per heavy atom. The Kier molecular flexibility index (Phi) is 5.31. The van der Waals surface area contributed by atoms with E-state index in [1.165, 1.54) is 18.2 Å². The van der Waals surface area contributed by atoms with Crippen LogP contribution in [0.1, 0.15) is 30.1 Å². The minimum Gasteiger partial charge on any atom is -0.376 e. The molecule has 2 rings (SSSR count). The van der Waals surface area contributed by atoms with E-state index in [0.29, 0.717) is 11.6 Å². The summed E-state index contributed by atoms with van der Waals surface area (Å²) in [5.41, 5.74) is 0.381. The van der Waals surface area contributed by atoms with E-state index < -0.39 is 15.9 Å². The molecule has 1 aromatic rings. The van der Waals surface area contributed by atoms with Gasteiger partial charge in [-0.3, -0.25) is 9.52 Å². The number of benzene rings is 1. The largest absolute Gasteiger partial charge is 0.376 e. The number of rotatable bonds is 5. The standard InChI is InChI=1S/C14H19ClN2O4S/c1-9(13-4-3-7-21-13)16-14(18)11-8-10(15)5-6-12(11)17-22(2,19)20/h5-6,8-9,13,17H,3-4,7H2,1-2H3,(H,16,18). The fraction of sp³-hybridized carbons (Fsp3) is 0.500. The van der Waals surface area contributed by atoms with Crippen LogP contribution in [0.5, 0.6) is 0 Å². The van der Waals surface area contributed by atoms with Gasteiger partial charge in [0.1, 0.15) is 0 Å². The zero-order valence-electron chi connectivity index (χ0n) is 12.4. The lowest BCUT2D eigenvalue weighted by Crippen LogP contribution is -2.41. The molecule has 0 saturated carbocycles. The minimum atomic E-state index is -3.49. The number of nitrogens with one attached hydrogen (secondary N) is 2. The zero-order valence-corrected chi connectivity index (χ0v) is 14.0. The molecule has 0 aliphatic carbocycles. The Labute approximate surface area is 135 Å². The van der Waals surface area contributed by atoms with Crippen molar-refractivity contribution < 1.29 is 17.9 Å². The molecular weight excluding hydrogens is 328 g/mol.